The van der Waals surface area contributed by atoms with Gasteiger partial charge in [0.1, 0.15) is 12.7 Å². The molecule has 0 radical (unpaired) electrons. The van der Waals surface area contributed by atoms with E-state index < -0.39 is 17.6 Å². The van der Waals surface area contributed by atoms with Crippen LogP contribution in [0.4, 0.5) is 18.9 Å². The van der Waals surface area contributed by atoms with Gasteiger partial charge >= 0.3 is 6.18 Å². The van der Waals surface area contributed by atoms with E-state index in [1.807, 2.05) is 30.2 Å². The number of nitrogens with zero attached hydrogens (tertiary/aromatic N) is 5. The molecule has 0 unspecified atom stereocenters. The van der Waals surface area contributed by atoms with Crippen LogP contribution < -0.4 is 5.32 Å². The number of aromatic nitrogens is 4. The van der Waals surface area contributed by atoms with Crippen molar-refractivity contribution >= 4 is 11.6 Å². The van der Waals surface area contributed by atoms with Gasteiger partial charge in [0.25, 0.3) is 0 Å². The molecule has 0 spiro atoms. The number of fused-ring (bicyclic) bond motifs is 1. The van der Waals surface area contributed by atoms with Crippen LogP contribution >= 0.6 is 0 Å². The molecule has 1 amide bonds. The lowest BCUT2D eigenvalue weighted by atomic mass is 10.1. The third-order valence-corrected chi connectivity index (χ3v) is 5.08. The van der Waals surface area contributed by atoms with Crippen molar-refractivity contribution in [2.24, 2.45) is 0 Å². The minimum absolute atomic E-state index is 0.0285. The van der Waals surface area contributed by atoms with Crippen molar-refractivity contribution < 1.29 is 18.0 Å². The minimum atomic E-state index is -4.52. The van der Waals surface area contributed by atoms with Crippen LogP contribution in [-0.2, 0) is 17.5 Å². The number of anilines is 1. The Morgan fingerprint density at radius 1 is 1.28 bits per heavy atom. The summed E-state index contributed by atoms with van der Waals surface area (Å²) in [5, 5.41) is 6.57. The average Bonchev–Trinajstić information content (AvgIpc) is 3.35. The normalized spacial score (nSPS) is 17.2. The second kappa shape index (κ2) is 7.36. The maximum atomic E-state index is 13.2. The van der Waals surface area contributed by atoms with Crippen LogP contribution in [0, 0.1) is 0 Å². The number of alkyl halides is 3. The summed E-state index contributed by atoms with van der Waals surface area (Å²) in [4.78, 5) is 18.5. The van der Waals surface area contributed by atoms with E-state index in [-0.39, 0.29) is 18.3 Å². The van der Waals surface area contributed by atoms with E-state index >= 15 is 0 Å². The average molecular weight is 404 g/mol. The molecule has 0 bridgehead atoms. The zero-order chi connectivity index (χ0) is 20.6. The molecule has 0 fully saturated rings. The molecule has 7 nitrogen and oxygen atoms in total. The molecule has 1 aliphatic rings. The Morgan fingerprint density at radius 2 is 2.10 bits per heavy atom. The molecule has 3 aromatic rings. The second-order valence-electron chi connectivity index (χ2n) is 6.89. The van der Waals surface area contributed by atoms with E-state index in [2.05, 4.69) is 20.0 Å². The van der Waals surface area contributed by atoms with Gasteiger partial charge in [0, 0.05) is 31.0 Å². The predicted molar refractivity (Wildman–Crippen MR) is 99.4 cm³/mol. The number of carbonyl (C=O) groups excluding carboxylic acids is 1. The molecule has 1 atom stereocenters. The second-order valence-corrected chi connectivity index (χ2v) is 6.89. The molecule has 29 heavy (non-hydrogen) atoms. The predicted octanol–water partition coefficient (Wildman–Crippen LogP) is 3.10. The Bertz CT molecular complexity index is 1010. The van der Waals surface area contributed by atoms with E-state index in [4.69, 9.17) is 0 Å². The van der Waals surface area contributed by atoms with Crippen molar-refractivity contribution in [3.8, 4) is 5.69 Å². The van der Waals surface area contributed by atoms with Crippen LogP contribution in [0.25, 0.3) is 5.69 Å². The van der Waals surface area contributed by atoms with Gasteiger partial charge < -0.3 is 9.88 Å². The van der Waals surface area contributed by atoms with Gasteiger partial charge in [-0.1, -0.05) is 0 Å². The molecular weight excluding hydrogens is 385 g/mol. The Morgan fingerprint density at radius 3 is 2.83 bits per heavy atom. The lowest BCUT2D eigenvalue weighted by Crippen LogP contribution is -2.41. The third-order valence-electron chi connectivity index (χ3n) is 5.08. The topological polar surface area (TPSA) is 68.0 Å². The first kappa shape index (κ1) is 19.2. The Kier molecular flexibility index (Phi) is 4.87. The number of benzene rings is 1. The fraction of sp³-hybridized carbons (Fsp3) is 0.316. The summed E-state index contributed by atoms with van der Waals surface area (Å²) in [5.74, 6) is -0.391. The first-order valence-corrected chi connectivity index (χ1v) is 9.08. The lowest BCUT2D eigenvalue weighted by molar-refractivity contribution is -0.137. The van der Waals surface area contributed by atoms with Crippen LogP contribution in [-0.4, -0.2) is 43.2 Å². The Hall–Kier alpha value is -3.14. The quantitative estimate of drug-likeness (QED) is 0.726. The van der Waals surface area contributed by atoms with Gasteiger partial charge in [-0.05, 0) is 37.3 Å². The monoisotopic (exact) mass is 404 g/mol. The number of halogens is 3. The molecule has 2 aromatic heterocycles. The first-order valence-electron chi connectivity index (χ1n) is 9.08. The van der Waals surface area contributed by atoms with Gasteiger partial charge in [0.2, 0.25) is 5.91 Å². The molecule has 3 heterocycles. The summed E-state index contributed by atoms with van der Waals surface area (Å²) >= 11 is 0. The van der Waals surface area contributed by atoms with E-state index in [9.17, 15) is 18.0 Å². The third kappa shape index (κ3) is 3.88. The van der Waals surface area contributed by atoms with Crippen molar-refractivity contribution in [1.82, 2.24) is 24.2 Å². The van der Waals surface area contributed by atoms with E-state index in [1.165, 1.54) is 23.4 Å². The molecule has 1 aliphatic heterocycles. The van der Waals surface area contributed by atoms with Crippen LogP contribution in [0.2, 0.25) is 0 Å². The van der Waals surface area contributed by atoms with Gasteiger partial charge in [0.15, 0.2) is 0 Å². The van der Waals surface area contributed by atoms with E-state index in [0.29, 0.717) is 12.2 Å². The van der Waals surface area contributed by atoms with Crippen LogP contribution in [0.5, 0.6) is 0 Å². The number of carbonyl (C=O) groups is 1. The van der Waals surface area contributed by atoms with Gasteiger partial charge in [0.05, 0.1) is 23.5 Å². The van der Waals surface area contributed by atoms with E-state index in [0.717, 1.165) is 24.4 Å². The van der Waals surface area contributed by atoms with Crippen molar-refractivity contribution in [2.45, 2.75) is 25.7 Å². The maximum Gasteiger partial charge on any atom is 0.416 e. The van der Waals surface area contributed by atoms with Gasteiger partial charge in [-0.15, -0.1) is 0 Å². The van der Waals surface area contributed by atoms with Crippen LogP contribution in [0.15, 0.2) is 49.2 Å². The van der Waals surface area contributed by atoms with Crippen molar-refractivity contribution in [3.05, 3.63) is 60.4 Å². The molecular formula is C19H19F3N6O. The maximum absolute atomic E-state index is 13.2. The highest BCUT2D eigenvalue weighted by Gasteiger charge is 2.32. The summed E-state index contributed by atoms with van der Waals surface area (Å²) in [6.07, 6.45) is 0.107. The molecule has 0 aliphatic carbocycles. The molecule has 1 N–H and O–H groups in total. The summed E-state index contributed by atoms with van der Waals surface area (Å²) in [6, 6.07) is 7.13. The number of amides is 1. The molecule has 0 saturated carbocycles. The molecule has 10 heteroatoms. The van der Waals surface area contributed by atoms with Gasteiger partial charge in [-0.3, -0.25) is 9.69 Å². The molecule has 4 rings (SSSR count). The zero-order valence-corrected chi connectivity index (χ0v) is 15.6. The number of hydrogen-bond acceptors (Lipinski definition) is 4. The van der Waals surface area contributed by atoms with Crippen LogP contribution in [0.1, 0.15) is 24.2 Å². The summed E-state index contributed by atoms with van der Waals surface area (Å²) in [5.41, 5.74) is 0.597. The van der Waals surface area contributed by atoms with Gasteiger partial charge in [-0.25, -0.2) is 9.67 Å². The lowest BCUT2D eigenvalue weighted by Gasteiger charge is -2.34. The van der Waals surface area contributed by atoms with Crippen LogP contribution in [0.3, 0.4) is 0 Å². The van der Waals surface area contributed by atoms with Crippen molar-refractivity contribution in [3.63, 3.8) is 0 Å². The largest absolute Gasteiger partial charge is 0.416 e. The molecule has 1 aromatic carbocycles. The summed E-state index contributed by atoms with van der Waals surface area (Å²) < 4.78 is 42.9. The highest BCUT2D eigenvalue weighted by Crippen LogP contribution is 2.33. The SMILES string of the molecule is C[C@@H]1c2cccn2CCN1CC(=O)Nc1cc(C(F)(F)F)ccc1-n1cncn1. The standard InChI is InChI=1S/C19H19F3N6O/c1-13-16-3-2-6-26(16)7-8-27(13)10-18(29)25-15-9-14(19(20,21)22)4-5-17(15)28-12-23-11-24-28/h2-6,9,11-13H,7-8,10H2,1H3,(H,25,29)/t13-/m1/s1. The van der Waals surface area contributed by atoms with Gasteiger partial charge in [-0.2, -0.15) is 18.3 Å². The zero-order valence-electron chi connectivity index (χ0n) is 15.6. The smallest absolute Gasteiger partial charge is 0.349 e. The van der Waals surface area contributed by atoms with Crippen molar-refractivity contribution in [2.75, 3.05) is 18.4 Å². The highest BCUT2D eigenvalue weighted by molar-refractivity contribution is 5.94. The fourth-order valence-corrected chi connectivity index (χ4v) is 3.56. The number of nitrogens with one attached hydrogen (secondary N) is 1. The first-order chi connectivity index (χ1) is 13.8. The Labute approximate surface area is 164 Å². The number of hydrogen-bond donors (Lipinski definition) is 1. The summed E-state index contributed by atoms with van der Waals surface area (Å²) in [6.45, 7) is 3.51. The highest BCUT2D eigenvalue weighted by atomic mass is 19.4. The van der Waals surface area contributed by atoms with Crippen molar-refractivity contribution in [1.29, 1.82) is 0 Å². The Balaban J connectivity index is 1.56. The number of rotatable bonds is 4. The fourth-order valence-electron chi connectivity index (χ4n) is 3.56. The molecule has 152 valence electrons. The minimum Gasteiger partial charge on any atom is -0.349 e. The van der Waals surface area contributed by atoms with E-state index in [1.54, 1.807) is 0 Å². The summed E-state index contributed by atoms with van der Waals surface area (Å²) in [7, 11) is 0. The molecule has 0 saturated heterocycles.